The number of aromatic carboxylic acids is 1. The van der Waals surface area contributed by atoms with Crippen LogP contribution < -0.4 is 4.74 Å². The molecule has 2 N–H and O–H groups in total. The first kappa shape index (κ1) is 27.0. The summed E-state index contributed by atoms with van der Waals surface area (Å²) < 4.78 is 11.7. The lowest BCUT2D eigenvalue weighted by Gasteiger charge is -2.43. The Balaban J connectivity index is 1.20. The van der Waals surface area contributed by atoms with Gasteiger partial charge in [-0.15, -0.1) is 0 Å². The zero-order valence-electron chi connectivity index (χ0n) is 21.5. The van der Waals surface area contributed by atoms with Gasteiger partial charge < -0.3 is 19.5 Å². The summed E-state index contributed by atoms with van der Waals surface area (Å²) in [6, 6.07) is 21.5. The van der Waals surface area contributed by atoms with Gasteiger partial charge >= 0.3 is 5.97 Å². The van der Waals surface area contributed by atoms with Crippen molar-refractivity contribution >= 4 is 29.2 Å². The van der Waals surface area contributed by atoms with Gasteiger partial charge in [0.1, 0.15) is 17.9 Å². The number of hydrogen-bond acceptors (Lipinski definition) is 7. The molecule has 6 rings (SSSR count). The van der Waals surface area contributed by atoms with E-state index in [2.05, 4.69) is 15.1 Å². The second kappa shape index (κ2) is 11.0. The first-order chi connectivity index (χ1) is 19.8. The predicted octanol–water partition coefficient (Wildman–Crippen LogP) is 7.15. The quantitative estimate of drug-likeness (QED) is 0.196. The molecule has 0 bridgehead atoms. The van der Waals surface area contributed by atoms with Crippen LogP contribution in [0, 0.1) is 0 Å². The summed E-state index contributed by atoms with van der Waals surface area (Å²) in [5.74, 6) is -0.189. The fourth-order valence-corrected chi connectivity index (χ4v) is 5.66. The van der Waals surface area contributed by atoms with E-state index in [-0.39, 0.29) is 24.0 Å². The van der Waals surface area contributed by atoms with Crippen molar-refractivity contribution in [3.05, 3.63) is 118 Å². The number of carboxylic acids is 1. The molecule has 0 radical (unpaired) electrons. The number of rotatable bonds is 8. The SMILES string of the molecule is O=C(O)c1cccc(C2CC(O)(c3cnc(OCc4c(-c5c(Cl)cccc5Cl)noc4-c4ccccc4)cn3)C2)c1. The fraction of sp³-hybridized carbons (Fsp3) is 0.161. The minimum atomic E-state index is -1.15. The highest BCUT2D eigenvalue weighted by Gasteiger charge is 2.46. The maximum Gasteiger partial charge on any atom is 0.335 e. The highest BCUT2D eigenvalue weighted by Crippen LogP contribution is 2.50. The van der Waals surface area contributed by atoms with E-state index >= 15 is 0 Å². The minimum absolute atomic E-state index is 0.0251. The fourth-order valence-electron chi connectivity index (χ4n) is 5.08. The molecular weight excluding hydrogens is 565 g/mol. The molecular formula is C31H23Cl2N3O5. The molecule has 2 aromatic heterocycles. The van der Waals surface area contributed by atoms with Gasteiger partial charge in [-0.2, -0.15) is 0 Å². The van der Waals surface area contributed by atoms with Crippen molar-refractivity contribution < 1.29 is 24.3 Å². The molecule has 0 saturated heterocycles. The number of halogens is 2. The monoisotopic (exact) mass is 587 g/mol. The highest BCUT2D eigenvalue weighted by atomic mass is 35.5. The molecule has 1 saturated carbocycles. The molecule has 1 aliphatic rings. The second-order valence-electron chi connectivity index (χ2n) is 9.90. The third kappa shape index (κ3) is 5.29. The van der Waals surface area contributed by atoms with Crippen molar-refractivity contribution in [1.29, 1.82) is 0 Å². The summed E-state index contributed by atoms with van der Waals surface area (Å²) in [5, 5.41) is 25.5. The van der Waals surface area contributed by atoms with E-state index < -0.39 is 11.6 Å². The van der Waals surface area contributed by atoms with Gasteiger partial charge in [0.15, 0.2) is 5.76 Å². The average Bonchev–Trinajstić information content (AvgIpc) is 3.38. The summed E-state index contributed by atoms with van der Waals surface area (Å²) in [6.45, 7) is 0.0465. The Bertz CT molecular complexity index is 1700. The minimum Gasteiger partial charge on any atom is -0.478 e. The number of aromatic nitrogens is 3. The molecule has 0 unspecified atom stereocenters. The van der Waals surface area contributed by atoms with Crippen LogP contribution in [0.2, 0.25) is 10.0 Å². The molecule has 0 aliphatic heterocycles. The zero-order chi connectivity index (χ0) is 28.6. The molecule has 10 heteroatoms. The molecule has 41 heavy (non-hydrogen) atoms. The van der Waals surface area contributed by atoms with Gasteiger partial charge in [0, 0.05) is 11.1 Å². The topological polar surface area (TPSA) is 119 Å². The van der Waals surface area contributed by atoms with Crippen LogP contribution in [0.1, 0.15) is 45.9 Å². The van der Waals surface area contributed by atoms with Gasteiger partial charge in [-0.05, 0) is 48.6 Å². The summed E-state index contributed by atoms with van der Waals surface area (Å²) in [5.41, 5.74) is 2.82. The Kier molecular flexibility index (Phi) is 7.21. The summed E-state index contributed by atoms with van der Waals surface area (Å²) in [7, 11) is 0. The van der Waals surface area contributed by atoms with Crippen LogP contribution in [0.3, 0.4) is 0 Å². The highest BCUT2D eigenvalue weighted by molar-refractivity contribution is 6.39. The average molecular weight is 588 g/mol. The van der Waals surface area contributed by atoms with E-state index in [1.807, 2.05) is 36.4 Å². The molecule has 0 spiro atoms. The first-order valence-corrected chi connectivity index (χ1v) is 13.6. The zero-order valence-corrected chi connectivity index (χ0v) is 23.0. The van der Waals surface area contributed by atoms with Gasteiger partial charge in [0.05, 0.1) is 39.3 Å². The van der Waals surface area contributed by atoms with E-state index in [1.54, 1.807) is 36.4 Å². The Labute approximate surface area is 245 Å². The van der Waals surface area contributed by atoms with E-state index in [1.165, 1.54) is 12.4 Å². The molecule has 2 heterocycles. The molecule has 5 aromatic rings. The lowest BCUT2D eigenvalue weighted by Crippen LogP contribution is -2.40. The van der Waals surface area contributed by atoms with Crippen LogP contribution in [0.5, 0.6) is 5.88 Å². The van der Waals surface area contributed by atoms with Crippen molar-refractivity contribution in [3.8, 4) is 28.5 Å². The van der Waals surface area contributed by atoms with Crippen LogP contribution >= 0.6 is 23.2 Å². The Hall–Kier alpha value is -4.24. The number of hydrogen-bond donors (Lipinski definition) is 2. The van der Waals surface area contributed by atoms with Crippen LogP contribution in [-0.2, 0) is 12.2 Å². The standard InChI is InChI=1S/C31H23Cl2N3O5/c32-23-10-5-11-24(33)27(23)28-22(29(41-36-28)18-6-2-1-3-7-18)17-40-26-16-34-25(15-35-26)31(39)13-21(14-31)19-8-4-9-20(12-19)30(37)38/h1-12,15-16,21,39H,13-14,17H2,(H,37,38). The molecule has 1 aliphatic carbocycles. The normalized spacial score (nSPS) is 18.1. The third-order valence-corrected chi connectivity index (χ3v) is 7.90. The van der Waals surface area contributed by atoms with Gasteiger partial charge in [0.25, 0.3) is 0 Å². The van der Waals surface area contributed by atoms with E-state index in [4.69, 9.17) is 32.5 Å². The Morgan fingerprint density at radius 1 is 0.976 bits per heavy atom. The van der Waals surface area contributed by atoms with Gasteiger partial charge in [-0.3, -0.25) is 4.98 Å². The smallest absolute Gasteiger partial charge is 0.335 e. The maximum absolute atomic E-state index is 11.3. The number of aliphatic hydroxyl groups is 1. The summed E-state index contributed by atoms with van der Waals surface area (Å²) in [4.78, 5) is 20.1. The van der Waals surface area contributed by atoms with E-state index in [0.717, 1.165) is 11.1 Å². The van der Waals surface area contributed by atoms with Crippen molar-refractivity contribution in [3.63, 3.8) is 0 Å². The van der Waals surface area contributed by atoms with Crippen molar-refractivity contribution in [2.75, 3.05) is 0 Å². The van der Waals surface area contributed by atoms with Crippen LogP contribution in [0.4, 0.5) is 0 Å². The van der Waals surface area contributed by atoms with Crippen LogP contribution in [0.15, 0.2) is 89.7 Å². The lowest BCUT2D eigenvalue weighted by atomic mass is 9.66. The number of carbonyl (C=O) groups is 1. The van der Waals surface area contributed by atoms with Crippen molar-refractivity contribution in [2.45, 2.75) is 31.0 Å². The largest absolute Gasteiger partial charge is 0.478 e. The number of nitrogens with zero attached hydrogens (tertiary/aromatic N) is 3. The second-order valence-corrected chi connectivity index (χ2v) is 10.7. The Morgan fingerprint density at radius 2 is 1.71 bits per heavy atom. The van der Waals surface area contributed by atoms with E-state index in [0.29, 0.717) is 51.2 Å². The summed E-state index contributed by atoms with van der Waals surface area (Å²) >= 11 is 13.0. The first-order valence-electron chi connectivity index (χ1n) is 12.8. The number of benzene rings is 3. The molecule has 206 valence electrons. The van der Waals surface area contributed by atoms with Gasteiger partial charge in [-0.1, -0.05) is 76.9 Å². The Morgan fingerprint density at radius 3 is 2.39 bits per heavy atom. The van der Waals surface area contributed by atoms with Gasteiger partial charge in [0.2, 0.25) is 5.88 Å². The van der Waals surface area contributed by atoms with Crippen molar-refractivity contribution in [1.82, 2.24) is 15.1 Å². The molecule has 1 fully saturated rings. The molecule has 0 atom stereocenters. The maximum atomic E-state index is 11.3. The van der Waals surface area contributed by atoms with Crippen LogP contribution in [0.25, 0.3) is 22.6 Å². The molecule has 0 amide bonds. The molecule has 8 nitrogen and oxygen atoms in total. The number of ether oxygens (including phenoxy) is 1. The van der Waals surface area contributed by atoms with E-state index in [9.17, 15) is 15.0 Å². The lowest BCUT2D eigenvalue weighted by molar-refractivity contribution is -0.0590. The summed E-state index contributed by atoms with van der Waals surface area (Å²) in [6.07, 6.45) is 3.78. The van der Waals surface area contributed by atoms with Gasteiger partial charge in [-0.25, -0.2) is 9.78 Å². The third-order valence-electron chi connectivity index (χ3n) is 7.27. The molecule has 3 aromatic carbocycles. The van der Waals surface area contributed by atoms with Crippen molar-refractivity contribution in [2.24, 2.45) is 0 Å². The number of carboxylic acid groups (broad SMARTS) is 1. The predicted molar refractivity (Wildman–Crippen MR) is 153 cm³/mol. The van der Waals surface area contributed by atoms with Crippen LogP contribution in [-0.4, -0.2) is 31.3 Å².